The quantitative estimate of drug-likeness (QED) is 0.570. The van der Waals surface area contributed by atoms with Crippen molar-refractivity contribution >= 4 is 64.0 Å². The Balaban J connectivity index is 1.60. The Morgan fingerprint density at radius 3 is 2.63 bits per heavy atom. The maximum atomic E-state index is 12.1. The normalized spacial score (nSPS) is 12.5. The monoisotopic (exact) mass is 428 g/mol. The van der Waals surface area contributed by atoms with E-state index in [1.807, 2.05) is 0 Å². The number of hydrogen-bond donors (Lipinski definition) is 2. The van der Waals surface area contributed by atoms with E-state index in [0.717, 1.165) is 0 Å². The zero-order valence-corrected chi connectivity index (χ0v) is 15.7. The molecule has 2 aromatic carbocycles. The Labute approximate surface area is 168 Å². The fraction of sp³-hybridized carbons (Fsp3) is 0.118. The number of amides is 2. The molecule has 7 nitrogen and oxygen atoms in total. The van der Waals surface area contributed by atoms with E-state index in [9.17, 15) is 14.4 Å². The third kappa shape index (κ3) is 4.63. The first kappa shape index (κ1) is 19.3. The van der Waals surface area contributed by atoms with Crippen LogP contribution in [0.25, 0.3) is 0 Å². The van der Waals surface area contributed by atoms with Crippen molar-refractivity contribution in [3.63, 3.8) is 0 Å². The van der Waals surface area contributed by atoms with Crippen LogP contribution >= 0.6 is 34.8 Å². The summed E-state index contributed by atoms with van der Waals surface area (Å²) >= 11 is 17.7. The first-order chi connectivity index (χ1) is 12.8. The van der Waals surface area contributed by atoms with E-state index in [4.69, 9.17) is 44.3 Å². The molecule has 1 aliphatic rings. The Morgan fingerprint density at radius 1 is 1.11 bits per heavy atom. The van der Waals surface area contributed by atoms with Crippen LogP contribution in [-0.2, 0) is 14.3 Å². The SMILES string of the molecule is O=C(COC(=O)c1ccc2c(c1)OCC(=O)N2)Nc1cc(Cl)c(Cl)cc1Cl. The lowest BCUT2D eigenvalue weighted by molar-refractivity contribution is -0.119. The summed E-state index contributed by atoms with van der Waals surface area (Å²) in [5.41, 5.74) is 0.866. The van der Waals surface area contributed by atoms with Crippen LogP contribution in [0.15, 0.2) is 30.3 Å². The van der Waals surface area contributed by atoms with Gasteiger partial charge in [0.15, 0.2) is 13.2 Å². The summed E-state index contributed by atoms with van der Waals surface area (Å²) in [6.45, 7) is -0.678. The van der Waals surface area contributed by atoms with Crippen molar-refractivity contribution in [2.45, 2.75) is 0 Å². The summed E-state index contributed by atoms with van der Waals surface area (Å²) in [6, 6.07) is 7.16. The van der Waals surface area contributed by atoms with Crippen molar-refractivity contribution in [2.75, 3.05) is 23.8 Å². The Kier molecular flexibility index (Phi) is 5.74. The van der Waals surface area contributed by atoms with Crippen LogP contribution in [0, 0.1) is 0 Å². The van der Waals surface area contributed by atoms with Gasteiger partial charge < -0.3 is 20.1 Å². The highest BCUT2D eigenvalue weighted by Gasteiger charge is 2.19. The van der Waals surface area contributed by atoms with E-state index in [1.165, 1.54) is 30.3 Å². The number of anilines is 2. The number of carbonyl (C=O) groups is 3. The van der Waals surface area contributed by atoms with Gasteiger partial charge in [-0.15, -0.1) is 0 Å². The van der Waals surface area contributed by atoms with Crippen LogP contribution in [0.2, 0.25) is 15.1 Å². The zero-order valence-electron chi connectivity index (χ0n) is 13.5. The molecule has 0 atom stereocenters. The molecule has 0 aromatic heterocycles. The number of halogens is 3. The van der Waals surface area contributed by atoms with Gasteiger partial charge in [-0.25, -0.2) is 4.79 Å². The third-order valence-corrected chi connectivity index (χ3v) is 4.50. The second-order valence-electron chi connectivity index (χ2n) is 5.42. The molecule has 0 aliphatic carbocycles. The molecule has 3 rings (SSSR count). The van der Waals surface area contributed by atoms with E-state index in [0.29, 0.717) is 11.4 Å². The standard InChI is InChI=1S/C17H11Cl3N2O5/c18-9-4-11(20)13(5-10(9)19)22-16(24)7-27-17(25)8-1-2-12-14(3-8)26-6-15(23)21-12/h1-5H,6-7H2,(H,21,23)(H,22,24). The van der Waals surface area contributed by atoms with Crippen LogP contribution in [0.4, 0.5) is 11.4 Å². The van der Waals surface area contributed by atoms with Crippen LogP contribution < -0.4 is 15.4 Å². The fourth-order valence-corrected chi connectivity index (χ4v) is 2.81. The molecule has 2 aromatic rings. The first-order valence-corrected chi connectivity index (χ1v) is 8.65. The number of hydrogen-bond acceptors (Lipinski definition) is 5. The first-order valence-electron chi connectivity index (χ1n) is 7.51. The molecule has 10 heteroatoms. The van der Waals surface area contributed by atoms with Crippen molar-refractivity contribution in [3.05, 3.63) is 51.0 Å². The summed E-state index contributed by atoms with van der Waals surface area (Å²) in [7, 11) is 0. The molecule has 2 amide bonds. The van der Waals surface area contributed by atoms with Crippen molar-refractivity contribution in [1.82, 2.24) is 0 Å². The van der Waals surface area contributed by atoms with E-state index in [1.54, 1.807) is 0 Å². The number of rotatable bonds is 4. The van der Waals surface area contributed by atoms with E-state index in [2.05, 4.69) is 10.6 Å². The highest BCUT2D eigenvalue weighted by molar-refractivity contribution is 6.44. The summed E-state index contributed by atoms with van der Waals surface area (Å²) in [4.78, 5) is 35.3. The van der Waals surface area contributed by atoms with Crippen molar-refractivity contribution in [3.8, 4) is 5.75 Å². The summed E-state index contributed by atoms with van der Waals surface area (Å²) in [5, 5.41) is 5.74. The number of ether oxygens (including phenoxy) is 2. The molecule has 1 aliphatic heterocycles. The van der Waals surface area contributed by atoms with E-state index >= 15 is 0 Å². The molecule has 0 saturated heterocycles. The van der Waals surface area contributed by atoms with Crippen LogP contribution in [-0.4, -0.2) is 31.0 Å². The Bertz CT molecular complexity index is 948. The number of fused-ring (bicyclic) bond motifs is 1. The second kappa shape index (κ2) is 8.04. The molecule has 27 heavy (non-hydrogen) atoms. The van der Waals surface area contributed by atoms with Crippen molar-refractivity contribution in [1.29, 1.82) is 0 Å². The maximum Gasteiger partial charge on any atom is 0.338 e. The van der Waals surface area contributed by atoms with Crippen LogP contribution in [0.5, 0.6) is 5.75 Å². The van der Waals surface area contributed by atoms with Gasteiger partial charge in [-0.2, -0.15) is 0 Å². The lowest BCUT2D eigenvalue weighted by Crippen LogP contribution is -2.25. The molecule has 140 valence electrons. The van der Waals surface area contributed by atoms with Crippen LogP contribution in [0.3, 0.4) is 0 Å². The molecular formula is C17H11Cl3N2O5. The van der Waals surface area contributed by atoms with Gasteiger partial charge in [-0.05, 0) is 30.3 Å². The molecule has 1 heterocycles. The molecule has 0 bridgehead atoms. The largest absolute Gasteiger partial charge is 0.482 e. The number of carbonyl (C=O) groups excluding carboxylic acids is 3. The molecule has 0 saturated carbocycles. The van der Waals surface area contributed by atoms with Gasteiger partial charge >= 0.3 is 5.97 Å². The van der Waals surface area contributed by atoms with Crippen molar-refractivity contribution in [2.24, 2.45) is 0 Å². The highest BCUT2D eigenvalue weighted by Crippen LogP contribution is 2.32. The lowest BCUT2D eigenvalue weighted by atomic mass is 10.1. The third-order valence-electron chi connectivity index (χ3n) is 3.47. The average molecular weight is 430 g/mol. The minimum Gasteiger partial charge on any atom is -0.482 e. The minimum absolute atomic E-state index is 0.141. The summed E-state index contributed by atoms with van der Waals surface area (Å²) in [6.07, 6.45) is 0. The predicted molar refractivity (Wildman–Crippen MR) is 101 cm³/mol. The Morgan fingerprint density at radius 2 is 1.85 bits per heavy atom. The predicted octanol–water partition coefficient (Wildman–Crippen LogP) is 3.77. The molecule has 0 unspecified atom stereocenters. The van der Waals surface area contributed by atoms with Gasteiger partial charge in [0, 0.05) is 0 Å². The number of benzene rings is 2. The topological polar surface area (TPSA) is 93.7 Å². The van der Waals surface area contributed by atoms with E-state index < -0.39 is 18.5 Å². The highest BCUT2D eigenvalue weighted by atomic mass is 35.5. The number of esters is 1. The van der Waals surface area contributed by atoms with Gasteiger partial charge in [-0.3, -0.25) is 9.59 Å². The molecule has 0 radical (unpaired) electrons. The van der Waals surface area contributed by atoms with Crippen LogP contribution in [0.1, 0.15) is 10.4 Å². The average Bonchev–Trinajstić information content (AvgIpc) is 2.63. The fourth-order valence-electron chi connectivity index (χ4n) is 2.22. The number of nitrogens with one attached hydrogen (secondary N) is 2. The van der Waals surface area contributed by atoms with Gasteiger partial charge in [0.2, 0.25) is 0 Å². The van der Waals surface area contributed by atoms with Gasteiger partial charge in [0.25, 0.3) is 11.8 Å². The van der Waals surface area contributed by atoms with Gasteiger partial charge in [0.05, 0.1) is 32.0 Å². The zero-order chi connectivity index (χ0) is 19.6. The Hall–Kier alpha value is -2.48. The van der Waals surface area contributed by atoms with Gasteiger partial charge in [-0.1, -0.05) is 34.8 Å². The van der Waals surface area contributed by atoms with Gasteiger partial charge in [0.1, 0.15) is 5.75 Å². The minimum atomic E-state index is -0.728. The van der Waals surface area contributed by atoms with Crippen molar-refractivity contribution < 1.29 is 23.9 Å². The second-order valence-corrected chi connectivity index (χ2v) is 6.64. The molecule has 0 fully saturated rings. The molecule has 0 spiro atoms. The maximum absolute atomic E-state index is 12.1. The lowest BCUT2D eigenvalue weighted by Gasteiger charge is -2.18. The summed E-state index contributed by atoms with van der Waals surface area (Å²) in [5.74, 6) is -1.27. The van der Waals surface area contributed by atoms with E-state index in [-0.39, 0.29) is 38.8 Å². The summed E-state index contributed by atoms with van der Waals surface area (Å²) < 4.78 is 10.2. The smallest absolute Gasteiger partial charge is 0.338 e. The molecule has 2 N–H and O–H groups in total. The molecular weight excluding hydrogens is 419 g/mol.